The van der Waals surface area contributed by atoms with Crippen molar-refractivity contribution in [1.82, 2.24) is 0 Å². The number of ketones is 2. The number of nitrogens with zero attached hydrogens (tertiary/aromatic N) is 1. The second-order valence-electron chi connectivity index (χ2n) is 6.57. The van der Waals surface area contributed by atoms with E-state index < -0.39 is 5.41 Å². The number of Topliss-reactive ketones (excluding diaryl/α,β-unsaturated/α-hetero) is 2. The average Bonchev–Trinajstić information content (AvgIpc) is 3.07. The van der Waals surface area contributed by atoms with Crippen molar-refractivity contribution in [3.63, 3.8) is 0 Å². The summed E-state index contributed by atoms with van der Waals surface area (Å²) >= 11 is 0. The van der Waals surface area contributed by atoms with Crippen molar-refractivity contribution in [3.05, 3.63) is 47.5 Å². The lowest BCUT2D eigenvalue weighted by Crippen LogP contribution is -2.38. The first-order valence-corrected chi connectivity index (χ1v) is 8.45. The van der Waals surface area contributed by atoms with Crippen LogP contribution in [0.1, 0.15) is 55.3 Å². The van der Waals surface area contributed by atoms with E-state index >= 15 is 0 Å². The summed E-state index contributed by atoms with van der Waals surface area (Å²) in [5.41, 5.74) is -0.270. The van der Waals surface area contributed by atoms with Crippen LogP contribution in [0.2, 0.25) is 0 Å². The maximum atomic E-state index is 13.1. The van der Waals surface area contributed by atoms with Crippen LogP contribution in [0, 0.1) is 22.7 Å². The predicted molar refractivity (Wildman–Crippen MR) is 87.7 cm³/mol. The van der Waals surface area contributed by atoms with Crippen molar-refractivity contribution >= 4 is 11.6 Å². The Labute approximate surface area is 137 Å². The number of allylic oxidation sites excluding steroid dienone is 2. The molecule has 1 unspecified atom stereocenters. The molecule has 3 rings (SSSR count). The molecule has 1 atom stereocenters. The van der Waals surface area contributed by atoms with Gasteiger partial charge in [-0.25, -0.2) is 0 Å². The van der Waals surface area contributed by atoms with Crippen molar-refractivity contribution < 1.29 is 9.59 Å². The minimum absolute atomic E-state index is 0.0206. The molecule has 1 aromatic carbocycles. The van der Waals surface area contributed by atoms with E-state index in [-0.39, 0.29) is 17.5 Å². The maximum Gasteiger partial charge on any atom is 0.190 e. The maximum absolute atomic E-state index is 13.1. The van der Waals surface area contributed by atoms with Gasteiger partial charge in [-0.15, -0.1) is 0 Å². The van der Waals surface area contributed by atoms with Gasteiger partial charge in [0.1, 0.15) is 5.41 Å². The molecule has 0 heterocycles. The van der Waals surface area contributed by atoms with Crippen LogP contribution in [-0.4, -0.2) is 11.6 Å². The molecule has 0 amide bonds. The summed E-state index contributed by atoms with van der Waals surface area (Å²) in [6.07, 6.45) is 7.85. The summed E-state index contributed by atoms with van der Waals surface area (Å²) in [5, 5.41) is 9.82. The average molecular weight is 307 g/mol. The van der Waals surface area contributed by atoms with Crippen molar-refractivity contribution in [2.24, 2.45) is 11.3 Å². The molecule has 1 aromatic rings. The zero-order valence-corrected chi connectivity index (χ0v) is 13.3. The van der Waals surface area contributed by atoms with Crippen molar-refractivity contribution in [2.75, 3.05) is 0 Å². The third-order valence-corrected chi connectivity index (χ3v) is 5.20. The molecule has 0 radical (unpaired) electrons. The molecule has 3 nitrogen and oxygen atoms in total. The number of hydrogen-bond acceptors (Lipinski definition) is 3. The van der Waals surface area contributed by atoms with Crippen LogP contribution in [-0.2, 0) is 4.79 Å². The minimum atomic E-state index is -1.23. The van der Waals surface area contributed by atoms with Crippen LogP contribution >= 0.6 is 0 Å². The molecule has 2 aliphatic carbocycles. The van der Waals surface area contributed by atoms with Crippen LogP contribution in [0.4, 0.5) is 0 Å². The highest BCUT2D eigenvalue weighted by Crippen LogP contribution is 2.45. The highest BCUT2D eigenvalue weighted by Gasteiger charge is 2.49. The molecule has 1 fully saturated rings. The van der Waals surface area contributed by atoms with E-state index in [2.05, 4.69) is 6.07 Å². The fourth-order valence-corrected chi connectivity index (χ4v) is 3.91. The van der Waals surface area contributed by atoms with E-state index in [0.717, 1.165) is 32.1 Å². The SMILES string of the molecule is N#CC1(C(=O)C2CCCCC2)CCC=C1C(=O)c1ccccc1. The first-order chi connectivity index (χ1) is 11.2. The summed E-state index contributed by atoms with van der Waals surface area (Å²) in [6, 6.07) is 11.2. The van der Waals surface area contributed by atoms with Crippen LogP contribution in [0.25, 0.3) is 0 Å². The van der Waals surface area contributed by atoms with Gasteiger partial charge in [0.05, 0.1) is 6.07 Å². The number of carbonyl (C=O) groups is 2. The Morgan fingerprint density at radius 3 is 2.43 bits per heavy atom. The van der Waals surface area contributed by atoms with E-state index in [1.165, 1.54) is 0 Å². The molecule has 0 spiro atoms. The number of hydrogen-bond donors (Lipinski definition) is 0. The van der Waals surface area contributed by atoms with Gasteiger partial charge in [0.2, 0.25) is 0 Å². The van der Waals surface area contributed by atoms with Gasteiger partial charge in [-0.3, -0.25) is 9.59 Å². The van der Waals surface area contributed by atoms with Gasteiger partial charge in [0, 0.05) is 17.1 Å². The highest BCUT2D eigenvalue weighted by molar-refractivity contribution is 6.15. The molecule has 0 bridgehead atoms. The lowest BCUT2D eigenvalue weighted by Gasteiger charge is -2.29. The second-order valence-corrected chi connectivity index (χ2v) is 6.57. The van der Waals surface area contributed by atoms with E-state index in [9.17, 15) is 14.9 Å². The van der Waals surface area contributed by atoms with Crippen LogP contribution in [0.5, 0.6) is 0 Å². The first-order valence-electron chi connectivity index (χ1n) is 8.45. The summed E-state index contributed by atoms with van der Waals surface area (Å²) in [5.74, 6) is -0.255. The van der Waals surface area contributed by atoms with Gasteiger partial charge in [0.15, 0.2) is 11.6 Å². The van der Waals surface area contributed by atoms with Crippen LogP contribution < -0.4 is 0 Å². The summed E-state index contributed by atoms with van der Waals surface area (Å²) < 4.78 is 0. The number of rotatable bonds is 4. The first kappa shape index (κ1) is 15.7. The van der Waals surface area contributed by atoms with Gasteiger partial charge >= 0.3 is 0 Å². The van der Waals surface area contributed by atoms with E-state index in [1.807, 2.05) is 6.07 Å². The fourth-order valence-electron chi connectivity index (χ4n) is 3.91. The molecule has 23 heavy (non-hydrogen) atoms. The van der Waals surface area contributed by atoms with Crippen LogP contribution in [0.3, 0.4) is 0 Å². The second kappa shape index (κ2) is 6.50. The lowest BCUT2D eigenvalue weighted by atomic mass is 9.69. The van der Waals surface area contributed by atoms with E-state index in [0.29, 0.717) is 24.0 Å². The predicted octanol–water partition coefficient (Wildman–Crippen LogP) is 4.25. The van der Waals surface area contributed by atoms with Gasteiger partial charge in [-0.05, 0) is 25.7 Å². The van der Waals surface area contributed by atoms with Gasteiger partial charge in [0.25, 0.3) is 0 Å². The fraction of sp³-hybridized carbons (Fsp3) is 0.450. The smallest absolute Gasteiger partial charge is 0.190 e. The highest BCUT2D eigenvalue weighted by atomic mass is 16.1. The molecule has 3 heteroatoms. The quantitative estimate of drug-likeness (QED) is 0.781. The zero-order valence-electron chi connectivity index (χ0n) is 13.3. The Balaban J connectivity index is 1.92. The molecule has 0 N–H and O–H groups in total. The molecular formula is C20H21NO2. The van der Waals surface area contributed by atoms with E-state index in [1.54, 1.807) is 30.3 Å². The van der Waals surface area contributed by atoms with Gasteiger partial charge in [-0.2, -0.15) is 5.26 Å². The largest absolute Gasteiger partial charge is 0.297 e. The Bertz CT molecular complexity index is 677. The van der Waals surface area contributed by atoms with Gasteiger partial charge in [-0.1, -0.05) is 55.7 Å². The van der Waals surface area contributed by atoms with Crippen molar-refractivity contribution in [2.45, 2.75) is 44.9 Å². The molecule has 1 saturated carbocycles. The summed E-state index contributed by atoms with van der Waals surface area (Å²) in [7, 11) is 0. The minimum Gasteiger partial charge on any atom is -0.297 e. The Morgan fingerprint density at radius 1 is 1.09 bits per heavy atom. The standard InChI is InChI=1S/C20H21NO2/c21-14-20(19(23)16-10-5-2-6-11-16)13-7-12-17(20)18(22)15-8-3-1-4-9-15/h1,3-4,8-9,12,16H,2,5-7,10-11,13H2. The Kier molecular flexibility index (Phi) is 4.43. The Morgan fingerprint density at radius 2 is 1.78 bits per heavy atom. The number of nitriles is 1. The zero-order chi connectivity index (χ0) is 16.3. The molecule has 0 aromatic heterocycles. The summed E-state index contributed by atoms with van der Waals surface area (Å²) in [4.78, 5) is 25.9. The third-order valence-electron chi connectivity index (χ3n) is 5.20. The summed E-state index contributed by atoms with van der Waals surface area (Å²) in [6.45, 7) is 0. The molecule has 0 saturated heterocycles. The molecule has 118 valence electrons. The Hall–Kier alpha value is -2.21. The van der Waals surface area contributed by atoms with Crippen molar-refractivity contribution in [3.8, 4) is 6.07 Å². The van der Waals surface area contributed by atoms with Crippen molar-refractivity contribution in [1.29, 1.82) is 5.26 Å². The van der Waals surface area contributed by atoms with Crippen LogP contribution in [0.15, 0.2) is 42.0 Å². The topological polar surface area (TPSA) is 57.9 Å². The van der Waals surface area contributed by atoms with Gasteiger partial charge < -0.3 is 0 Å². The number of carbonyl (C=O) groups excluding carboxylic acids is 2. The lowest BCUT2D eigenvalue weighted by molar-refractivity contribution is -0.129. The third kappa shape index (κ3) is 2.74. The molecule has 2 aliphatic rings. The monoisotopic (exact) mass is 307 g/mol. The number of benzene rings is 1. The molecule has 0 aliphatic heterocycles. The van der Waals surface area contributed by atoms with E-state index in [4.69, 9.17) is 0 Å². The molecular weight excluding hydrogens is 286 g/mol. The normalized spacial score (nSPS) is 24.7.